The highest BCUT2D eigenvalue weighted by atomic mass is 32.2. The van der Waals surface area contributed by atoms with Gasteiger partial charge in [0, 0.05) is 11.6 Å². The molecule has 0 radical (unpaired) electrons. The van der Waals surface area contributed by atoms with Gasteiger partial charge in [-0.3, -0.25) is 4.79 Å². The van der Waals surface area contributed by atoms with E-state index in [1.165, 1.54) is 12.1 Å². The monoisotopic (exact) mass is 432 g/mol. The molecule has 0 spiro atoms. The van der Waals surface area contributed by atoms with Gasteiger partial charge in [-0.25, -0.2) is 13.1 Å². The first-order chi connectivity index (χ1) is 14.3. The Kier molecular flexibility index (Phi) is 6.99. The number of hydrogen-bond donors (Lipinski definition) is 2. The fourth-order valence-corrected chi connectivity index (χ4v) is 4.29. The standard InChI is InChI=1S/C22H28N2O5S/c1-4-12-29-20-11-8-16(14-21(20)28-3)15(2)23-22(25)17-6-5-7-19(13-17)30(26,27)24-18-9-10-18/h5-8,11,13-15,18,24H,4,9-10,12H2,1-3H3,(H,23,25). The lowest BCUT2D eigenvalue weighted by atomic mass is 10.1. The molecule has 0 aliphatic heterocycles. The Morgan fingerprint density at radius 1 is 1.17 bits per heavy atom. The van der Waals surface area contributed by atoms with Gasteiger partial charge in [0.2, 0.25) is 10.0 Å². The van der Waals surface area contributed by atoms with E-state index >= 15 is 0 Å². The molecule has 1 fully saturated rings. The number of hydrogen-bond acceptors (Lipinski definition) is 5. The number of rotatable bonds is 10. The highest BCUT2D eigenvalue weighted by Crippen LogP contribution is 2.30. The molecule has 0 heterocycles. The Bertz CT molecular complexity index is 1000. The lowest BCUT2D eigenvalue weighted by molar-refractivity contribution is 0.0939. The van der Waals surface area contributed by atoms with Crippen LogP contribution in [0.5, 0.6) is 11.5 Å². The summed E-state index contributed by atoms with van der Waals surface area (Å²) in [5.41, 5.74) is 1.14. The van der Waals surface area contributed by atoms with Gasteiger partial charge < -0.3 is 14.8 Å². The summed E-state index contributed by atoms with van der Waals surface area (Å²) in [6.07, 6.45) is 2.59. The summed E-state index contributed by atoms with van der Waals surface area (Å²) in [6, 6.07) is 11.3. The Morgan fingerprint density at radius 2 is 1.93 bits per heavy atom. The molecule has 1 atom stereocenters. The topological polar surface area (TPSA) is 93.7 Å². The van der Waals surface area contributed by atoms with E-state index in [0.29, 0.717) is 18.1 Å². The third-order valence-electron chi connectivity index (χ3n) is 4.80. The van der Waals surface area contributed by atoms with Crippen molar-refractivity contribution in [3.63, 3.8) is 0 Å². The zero-order valence-electron chi connectivity index (χ0n) is 17.5. The van der Waals surface area contributed by atoms with Crippen LogP contribution in [0, 0.1) is 0 Å². The van der Waals surface area contributed by atoms with E-state index in [0.717, 1.165) is 24.8 Å². The number of carbonyl (C=O) groups is 1. The van der Waals surface area contributed by atoms with Crippen LogP contribution in [0.15, 0.2) is 47.4 Å². The molecule has 2 N–H and O–H groups in total. The molecule has 7 nitrogen and oxygen atoms in total. The third-order valence-corrected chi connectivity index (χ3v) is 6.32. The molecule has 1 aliphatic rings. The second kappa shape index (κ2) is 9.49. The number of methoxy groups -OCH3 is 1. The number of ether oxygens (including phenoxy) is 2. The van der Waals surface area contributed by atoms with Crippen LogP contribution in [-0.2, 0) is 10.0 Å². The number of nitrogens with one attached hydrogen (secondary N) is 2. The smallest absolute Gasteiger partial charge is 0.251 e. The minimum Gasteiger partial charge on any atom is -0.493 e. The third kappa shape index (κ3) is 5.52. The average molecular weight is 433 g/mol. The molecule has 0 saturated heterocycles. The van der Waals surface area contributed by atoms with Crippen molar-refractivity contribution in [2.75, 3.05) is 13.7 Å². The van der Waals surface area contributed by atoms with Gasteiger partial charge in [-0.1, -0.05) is 19.1 Å². The van der Waals surface area contributed by atoms with Crippen LogP contribution < -0.4 is 19.5 Å². The molecule has 0 aromatic heterocycles. The van der Waals surface area contributed by atoms with Crippen molar-refractivity contribution in [1.82, 2.24) is 10.0 Å². The molecule has 2 aromatic carbocycles. The van der Waals surface area contributed by atoms with Gasteiger partial charge in [-0.05, 0) is 62.1 Å². The number of benzene rings is 2. The quantitative estimate of drug-likeness (QED) is 0.600. The van der Waals surface area contributed by atoms with Crippen LogP contribution in [0.25, 0.3) is 0 Å². The zero-order valence-corrected chi connectivity index (χ0v) is 18.3. The van der Waals surface area contributed by atoms with Gasteiger partial charge in [0.25, 0.3) is 5.91 Å². The SMILES string of the molecule is CCCOc1ccc(C(C)NC(=O)c2cccc(S(=O)(=O)NC3CC3)c2)cc1OC. The molecule has 1 aliphatic carbocycles. The second-order valence-electron chi connectivity index (χ2n) is 7.38. The summed E-state index contributed by atoms with van der Waals surface area (Å²) in [7, 11) is -2.04. The minimum atomic E-state index is -3.62. The fourth-order valence-electron chi connectivity index (χ4n) is 2.94. The first-order valence-corrected chi connectivity index (χ1v) is 11.6. The minimum absolute atomic E-state index is 0.00626. The molecule has 162 valence electrons. The van der Waals surface area contributed by atoms with Gasteiger partial charge in [0.1, 0.15) is 0 Å². The Labute approximate surface area is 177 Å². The molecule has 2 aromatic rings. The van der Waals surface area contributed by atoms with Gasteiger partial charge in [0.15, 0.2) is 11.5 Å². The normalized spacial score (nSPS) is 14.8. The highest BCUT2D eigenvalue weighted by molar-refractivity contribution is 7.89. The fraction of sp³-hybridized carbons (Fsp3) is 0.409. The summed E-state index contributed by atoms with van der Waals surface area (Å²) < 4.78 is 38.5. The van der Waals surface area contributed by atoms with Crippen molar-refractivity contribution in [2.24, 2.45) is 0 Å². The van der Waals surface area contributed by atoms with E-state index < -0.39 is 10.0 Å². The lowest BCUT2D eigenvalue weighted by Crippen LogP contribution is -2.28. The van der Waals surface area contributed by atoms with E-state index in [9.17, 15) is 13.2 Å². The maximum atomic E-state index is 12.7. The van der Waals surface area contributed by atoms with Crippen molar-refractivity contribution >= 4 is 15.9 Å². The Hall–Kier alpha value is -2.58. The first kappa shape index (κ1) is 22.1. The van der Waals surface area contributed by atoms with Crippen LogP contribution in [0.2, 0.25) is 0 Å². The van der Waals surface area contributed by atoms with E-state index in [2.05, 4.69) is 10.0 Å². The summed E-state index contributed by atoms with van der Waals surface area (Å²) >= 11 is 0. The van der Waals surface area contributed by atoms with Gasteiger partial charge in [-0.15, -0.1) is 0 Å². The molecule has 8 heteroatoms. The molecule has 1 saturated carbocycles. The number of amides is 1. The highest BCUT2D eigenvalue weighted by Gasteiger charge is 2.28. The zero-order chi connectivity index (χ0) is 21.7. The lowest BCUT2D eigenvalue weighted by Gasteiger charge is -2.17. The predicted octanol–water partition coefficient (Wildman–Crippen LogP) is 3.42. The van der Waals surface area contributed by atoms with E-state index in [1.807, 2.05) is 32.0 Å². The molecule has 1 unspecified atom stereocenters. The summed E-state index contributed by atoms with van der Waals surface area (Å²) in [5, 5.41) is 2.91. The maximum absolute atomic E-state index is 12.7. The van der Waals surface area contributed by atoms with E-state index in [4.69, 9.17) is 9.47 Å². The van der Waals surface area contributed by atoms with Crippen molar-refractivity contribution < 1.29 is 22.7 Å². The van der Waals surface area contributed by atoms with Gasteiger partial charge in [0.05, 0.1) is 24.7 Å². The average Bonchev–Trinajstić information content (AvgIpc) is 3.55. The summed E-state index contributed by atoms with van der Waals surface area (Å²) in [4.78, 5) is 12.8. The first-order valence-electron chi connectivity index (χ1n) is 10.1. The summed E-state index contributed by atoms with van der Waals surface area (Å²) in [5.74, 6) is 0.903. The van der Waals surface area contributed by atoms with E-state index in [1.54, 1.807) is 19.2 Å². The van der Waals surface area contributed by atoms with Crippen molar-refractivity contribution in [2.45, 2.75) is 50.1 Å². The van der Waals surface area contributed by atoms with E-state index in [-0.39, 0.29) is 28.4 Å². The molecule has 1 amide bonds. The molecular formula is C22H28N2O5S. The molecule has 0 bridgehead atoms. The number of carbonyl (C=O) groups excluding carboxylic acids is 1. The Balaban J connectivity index is 1.72. The van der Waals surface area contributed by atoms with Crippen molar-refractivity contribution in [1.29, 1.82) is 0 Å². The molecule has 3 rings (SSSR count). The van der Waals surface area contributed by atoms with Crippen LogP contribution in [0.4, 0.5) is 0 Å². The number of sulfonamides is 1. The maximum Gasteiger partial charge on any atom is 0.251 e. The van der Waals surface area contributed by atoms with Gasteiger partial charge in [-0.2, -0.15) is 0 Å². The van der Waals surface area contributed by atoms with Gasteiger partial charge >= 0.3 is 0 Å². The van der Waals surface area contributed by atoms with Crippen LogP contribution >= 0.6 is 0 Å². The van der Waals surface area contributed by atoms with Crippen LogP contribution in [0.1, 0.15) is 55.1 Å². The Morgan fingerprint density at radius 3 is 2.60 bits per heavy atom. The molecular weight excluding hydrogens is 404 g/mol. The van der Waals surface area contributed by atoms with Crippen LogP contribution in [0.3, 0.4) is 0 Å². The largest absolute Gasteiger partial charge is 0.493 e. The molecule has 30 heavy (non-hydrogen) atoms. The van der Waals surface area contributed by atoms with Crippen LogP contribution in [-0.4, -0.2) is 34.1 Å². The van der Waals surface area contributed by atoms with Crippen molar-refractivity contribution in [3.8, 4) is 11.5 Å². The summed E-state index contributed by atoms with van der Waals surface area (Å²) in [6.45, 7) is 4.48. The van der Waals surface area contributed by atoms with Crippen molar-refractivity contribution in [3.05, 3.63) is 53.6 Å². The second-order valence-corrected chi connectivity index (χ2v) is 9.09. The predicted molar refractivity (Wildman–Crippen MR) is 114 cm³/mol.